The summed E-state index contributed by atoms with van der Waals surface area (Å²) in [5.74, 6) is -0.427. The van der Waals surface area contributed by atoms with Gasteiger partial charge in [-0.05, 0) is 13.8 Å². The van der Waals surface area contributed by atoms with Gasteiger partial charge >= 0.3 is 5.97 Å². The molecule has 5 nitrogen and oxygen atoms in total. The molecule has 1 atom stereocenters. The fourth-order valence-corrected chi connectivity index (χ4v) is 1.71. The van der Waals surface area contributed by atoms with Crippen LogP contribution in [0, 0.1) is 0 Å². The van der Waals surface area contributed by atoms with Crippen LogP contribution in [0.2, 0.25) is 0 Å². The summed E-state index contributed by atoms with van der Waals surface area (Å²) in [6.45, 7) is 5.47. The van der Waals surface area contributed by atoms with Gasteiger partial charge in [0, 0.05) is 6.66 Å². The van der Waals surface area contributed by atoms with Crippen LogP contribution in [0.4, 0.5) is 0 Å². The molecule has 0 amide bonds. The highest BCUT2D eigenvalue weighted by molar-refractivity contribution is 7.56. The van der Waals surface area contributed by atoms with Crippen molar-refractivity contribution >= 4 is 13.5 Å². The molecule has 78 valence electrons. The molecule has 0 heterocycles. The largest absolute Gasteiger partial charge is 0.465 e. The maximum absolute atomic E-state index is 11.4. The van der Waals surface area contributed by atoms with Gasteiger partial charge in [-0.3, -0.25) is 9.36 Å². The van der Waals surface area contributed by atoms with Crippen molar-refractivity contribution in [1.82, 2.24) is 5.09 Å². The molecular weight excluding hydrogens is 193 g/mol. The Kier molecular flexibility index (Phi) is 5.95. The Labute approximate surface area is 78.3 Å². The zero-order valence-electron chi connectivity index (χ0n) is 8.20. The lowest BCUT2D eigenvalue weighted by Gasteiger charge is -2.12. The van der Waals surface area contributed by atoms with E-state index in [-0.39, 0.29) is 6.54 Å². The SMILES string of the molecule is CCOC(=O)CNP(C)(=O)OCC. The van der Waals surface area contributed by atoms with Crippen molar-refractivity contribution in [1.29, 1.82) is 0 Å². The van der Waals surface area contributed by atoms with Gasteiger partial charge in [-0.25, -0.2) is 5.09 Å². The van der Waals surface area contributed by atoms with Gasteiger partial charge in [-0.2, -0.15) is 0 Å². The fraction of sp³-hybridized carbons (Fsp3) is 0.857. The summed E-state index contributed by atoms with van der Waals surface area (Å²) in [7, 11) is -2.82. The molecule has 0 radical (unpaired) electrons. The average Bonchev–Trinajstić information content (AvgIpc) is 2.02. The average molecular weight is 209 g/mol. The van der Waals surface area contributed by atoms with Crippen LogP contribution in [0.1, 0.15) is 13.8 Å². The number of carbonyl (C=O) groups excluding carboxylic acids is 1. The van der Waals surface area contributed by atoms with E-state index in [1.54, 1.807) is 13.8 Å². The Bertz CT molecular complexity index is 207. The number of hydrogen-bond donors (Lipinski definition) is 1. The lowest BCUT2D eigenvalue weighted by Crippen LogP contribution is -2.23. The molecule has 6 heteroatoms. The Hall–Kier alpha value is -0.380. The lowest BCUT2D eigenvalue weighted by atomic mass is 10.7. The Morgan fingerprint density at radius 2 is 2.00 bits per heavy atom. The first kappa shape index (κ1) is 12.6. The van der Waals surface area contributed by atoms with Crippen molar-refractivity contribution in [3.63, 3.8) is 0 Å². The summed E-state index contributed by atoms with van der Waals surface area (Å²) in [5.41, 5.74) is 0. The molecule has 0 rings (SSSR count). The number of esters is 1. The Morgan fingerprint density at radius 1 is 1.38 bits per heavy atom. The molecule has 13 heavy (non-hydrogen) atoms. The molecule has 1 N–H and O–H groups in total. The van der Waals surface area contributed by atoms with Gasteiger partial charge in [0.05, 0.1) is 13.2 Å². The molecule has 0 aromatic carbocycles. The summed E-state index contributed by atoms with van der Waals surface area (Å²) in [6.07, 6.45) is 0. The topological polar surface area (TPSA) is 64.6 Å². The van der Waals surface area contributed by atoms with Crippen molar-refractivity contribution in [3.05, 3.63) is 0 Å². The Balaban J connectivity index is 3.74. The van der Waals surface area contributed by atoms with E-state index in [0.29, 0.717) is 13.2 Å². The van der Waals surface area contributed by atoms with Gasteiger partial charge < -0.3 is 9.26 Å². The minimum atomic E-state index is -2.82. The van der Waals surface area contributed by atoms with Crippen LogP contribution in [0.3, 0.4) is 0 Å². The van der Waals surface area contributed by atoms with Crippen molar-refractivity contribution in [2.24, 2.45) is 0 Å². The van der Waals surface area contributed by atoms with E-state index in [9.17, 15) is 9.36 Å². The van der Waals surface area contributed by atoms with E-state index in [4.69, 9.17) is 4.52 Å². The van der Waals surface area contributed by atoms with Crippen molar-refractivity contribution in [2.75, 3.05) is 26.4 Å². The number of nitrogens with one attached hydrogen (secondary N) is 1. The van der Waals surface area contributed by atoms with E-state index in [2.05, 4.69) is 9.82 Å². The minimum Gasteiger partial charge on any atom is -0.465 e. The van der Waals surface area contributed by atoms with E-state index in [1.165, 1.54) is 6.66 Å². The summed E-state index contributed by atoms with van der Waals surface area (Å²) in [6, 6.07) is 0. The molecular formula is C7H16NO4P. The summed E-state index contributed by atoms with van der Waals surface area (Å²) >= 11 is 0. The fourth-order valence-electron chi connectivity index (χ4n) is 0.712. The molecule has 0 bridgehead atoms. The van der Waals surface area contributed by atoms with Crippen molar-refractivity contribution in [3.8, 4) is 0 Å². The van der Waals surface area contributed by atoms with Gasteiger partial charge in [0.1, 0.15) is 6.54 Å². The van der Waals surface area contributed by atoms with E-state index < -0.39 is 13.5 Å². The molecule has 0 aliphatic rings. The first-order valence-corrected chi connectivity index (χ1v) is 6.21. The first-order chi connectivity index (χ1) is 6.02. The molecule has 0 fully saturated rings. The van der Waals surface area contributed by atoms with E-state index >= 15 is 0 Å². The zero-order chi connectivity index (χ0) is 10.3. The third kappa shape index (κ3) is 6.75. The van der Waals surface area contributed by atoms with E-state index in [1.807, 2.05) is 0 Å². The Morgan fingerprint density at radius 3 is 2.46 bits per heavy atom. The minimum absolute atomic E-state index is 0.0817. The number of carbonyl (C=O) groups is 1. The molecule has 0 aromatic rings. The molecule has 0 saturated carbocycles. The zero-order valence-corrected chi connectivity index (χ0v) is 9.10. The summed E-state index contributed by atoms with van der Waals surface area (Å²) in [4.78, 5) is 10.8. The molecule has 0 aliphatic carbocycles. The van der Waals surface area contributed by atoms with Gasteiger partial charge in [0.15, 0.2) is 0 Å². The maximum atomic E-state index is 11.4. The predicted octanol–water partition coefficient (Wildman–Crippen LogP) is 0.998. The van der Waals surface area contributed by atoms with Crippen LogP contribution < -0.4 is 5.09 Å². The second-order valence-corrected chi connectivity index (χ2v) is 4.67. The van der Waals surface area contributed by atoms with Crippen LogP contribution in [-0.4, -0.2) is 32.4 Å². The second-order valence-electron chi connectivity index (χ2n) is 2.40. The number of hydrogen-bond acceptors (Lipinski definition) is 4. The van der Waals surface area contributed by atoms with Crippen LogP contribution in [-0.2, 0) is 18.6 Å². The molecule has 0 aliphatic heterocycles. The first-order valence-electron chi connectivity index (χ1n) is 4.14. The number of ether oxygens (including phenoxy) is 1. The van der Waals surface area contributed by atoms with Gasteiger partial charge in [-0.1, -0.05) is 0 Å². The van der Waals surface area contributed by atoms with Crippen molar-refractivity contribution < 1.29 is 18.6 Å². The normalized spacial score (nSPS) is 15.0. The summed E-state index contributed by atoms with van der Waals surface area (Å²) < 4.78 is 20.9. The highest BCUT2D eigenvalue weighted by Gasteiger charge is 2.15. The van der Waals surface area contributed by atoms with Crippen LogP contribution in [0.15, 0.2) is 0 Å². The molecule has 0 spiro atoms. The third-order valence-electron chi connectivity index (χ3n) is 1.19. The predicted molar refractivity (Wildman–Crippen MR) is 49.8 cm³/mol. The van der Waals surface area contributed by atoms with Crippen LogP contribution in [0.5, 0.6) is 0 Å². The maximum Gasteiger partial charge on any atom is 0.320 e. The second kappa shape index (κ2) is 6.13. The highest BCUT2D eigenvalue weighted by atomic mass is 31.2. The standard InChI is InChI=1S/C7H16NO4P/c1-4-11-7(9)6-8-13(3,10)12-5-2/h4-6H2,1-3H3,(H,8,10). The molecule has 0 saturated heterocycles. The summed E-state index contributed by atoms with van der Waals surface area (Å²) in [5, 5.41) is 2.50. The van der Waals surface area contributed by atoms with E-state index in [0.717, 1.165) is 0 Å². The molecule has 1 unspecified atom stereocenters. The van der Waals surface area contributed by atoms with Crippen LogP contribution in [0.25, 0.3) is 0 Å². The quantitative estimate of drug-likeness (QED) is 0.522. The highest BCUT2D eigenvalue weighted by Crippen LogP contribution is 2.36. The third-order valence-corrected chi connectivity index (χ3v) is 2.67. The van der Waals surface area contributed by atoms with Gasteiger partial charge in [0.25, 0.3) is 7.52 Å². The number of rotatable bonds is 6. The monoisotopic (exact) mass is 209 g/mol. The van der Waals surface area contributed by atoms with Crippen molar-refractivity contribution in [2.45, 2.75) is 13.8 Å². The van der Waals surface area contributed by atoms with Gasteiger partial charge in [0.2, 0.25) is 0 Å². The smallest absolute Gasteiger partial charge is 0.320 e. The van der Waals surface area contributed by atoms with Gasteiger partial charge in [-0.15, -0.1) is 0 Å². The molecule has 0 aromatic heterocycles. The lowest BCUT2D eigenvalue weighted by molar-refractivity contribution is -0.141. The van der Waals surface area contributed by atoms with Crippen LogP contribution >= 0.6 is 7.52 Å².